The van der Waals surface area contributed by atoms with E-state index >= 15 is 0 Å². The Morgan fingerprint density at radius 1 is 0.655 bits per heavy atom. The van der Waals surface area contributed by atoms with E-state index in [1.807, 2.05) is 48.5 Å². The molecule has 0 spiro atoms. The lowest BCUT2D eigenvalue weighted by Gasteiger charge is -2.31. The molecule has 4 aromatic rings. The van der Waals surface area contributed by atoms with Crippen molar-refractivity contribution in [1.29, 1.82) is 0 Å². The van der Waals surface area contributed by atoms with Gasteiger partial charge < -0.3 is 4.74 Å². The van der Waals surface area contributed by atoms with Crippen molar-refractivity contribution in [3.63, 3.8) is 0 Å². The zero-order chi connectivity index (χ0) is 20.1. The SMILES string of the molecule is COc1ccc(Cc2ccccc2C(Cl)(c2ccccc2)c2ccccc2)cc1. The molecule has 29 heavy (non-hydrogen) atoms. The summed E-state index contributed by atoms with van der Waals surface area (Å²) in [6.45, 7) is 0. The van der Waals surface area contributed by atoms with E-state index in [0.717, 1.165) is 28.9 Å². The molecule has 4 rings (SSSR count). The Bertz CT molecular complexity index is 1020. The lowest BCUT2D eigenvalue weighted by atomic mass is 9.81. The van der Waals surface area contributed by atoms with Crippen LogP contribution in [0.4, 0.5) is 0 Å². The maximum absolute atomic E-state index is 7.51. The third-order valence-electron chi connectivity index (χ3n) is 5.29. The summed E-state index contributed by atoms with van der Waals surface area (Å²) in [7, 11) is 1.69. The molecular formula is C27H23ClO. The summed E-state index contributed by atoms with van der Waals surface area (Å²) < 4.78 is 5.29. The maximum atomic E-state index is 7.51. The topological polar surface area (TPSA) is 9.23 Å². The van der Waals surface area contributed by atoms with Crippen LogP contribution >= 0.6 is 11.6 Å². The highest BCUT2D eigenvalue weighted by atomic mass is 35.5. The second-order valence-electron chi connectivity index (χ2n) is 7.07. The molecule has 0 saturated carbocycles. The van der Waals surface area contributed by atoms with E-state index in [2.05, 4.69) is 60.7 Å². The quantitative estimate of drug-likeness (QED) is 0.256. The molecule has 0 aromatic heterocycles. The number of rotatable bonds is 6. The lowest BCUT2D eigenvalue weighted by Crippen LogP contribution is -2.24. The van der Waals surface area contributed by atoms with Gasteiger partial charge in [-0.2, -0.15) is 0 Å². The van der Waals surface area contributed by atoms with E-state index in [9.17, 15) is 0 Å². The molecule has 0 aliphatic carbocycles. The first-order valence-corrected chi connectivity index (χ1v) is 10.1. The number of ether oxygens (including phenoxy) is 1. The fraction of sp³-hybridized carbons (Fsp3) is 0.111. The molecule has 0 amide bonds. The Balaban J connectivity index is 1.84. The molecule has 0 radical (unpaired) electrons. The number of alkyl halides is 1. The third-order valence-corrected chi connectivity index (χ3v) is 5.93. The minimum absolute atomic E-state index is 0.758. The summed E-state index contributed by atoms with van der Waals surface area (Å²) >= 11 is 7.51. The van der Waals surface area contributed by atoms with Crippen LogP contribution in [0, 0.1) is 0 Å². The molecule has 2 heteroatoms. The van der Waals surface area contributed by atoms with Gasteiger partial charge >= 0.3 is 0 Å². The molecule has 0 fully saturated rings. The summed E-state index contributed by atoms with van der Waals surface area (Å²) in [6, 6.07) is 37.3. The molecule has 0 aliphatic rings. The van der Waals surface area contributed by atoms with Crippen LogP contribution < -0.4 is 4.74 Å². The van der Waals surface area contributed by atoms with E-state index in [1.165, 1.54) is 11.1 Å². The summed E-state index contributed by atoms with van der Waals surface area (Å²) in [5, 5.41) is 0. The molecule has 1 nitrogen and oxygen atoms in total. The Hall–Kier alpha value is -3.03. The van der Waals surface area contributed by atoms with Gasteiger partial charge in [0.1, 0.15) is 10.6 Å². The number of halogens is 1. The third kappa shape index (κ3) is 3.92. The van der Waals surface area contributed by atoms with Crippen molar-refractivity contribution in [3.8, 4) is 5.75 Å². The second-order valence-corrected chi connectivity index (χ2v) is 7.64. The van der Waals surface area contributed by atoms with Gasteiger partial charge in [-0.05, 0) is 46.4 Å². The van der Waals surface area contributed by atoms with E-state index < -0.39 is 4.87 Å². The van der Waals surface area contributed by atoms with E-state index in [-0.39, 0.29) is 0 Å². The minimum atomic E-state index is -0.758. The molecule has 4 aromatic carbocycles. The van der Waals surface area contributed by atoms with Gasteiger partial charge in [-0.25, -0.2) is 0 Å². The molecule has 0 N–H and O–H groups in total. The Kier molecular flexibility index (Phi) is 5.69. The van der Waals surface area contributed by atoms with E-state index in [4.69, 9.17) is 16.3 Å². The fourth-order valence-corrected chi connectivity index (χ4v) is 4.22. The summed E-state index contributed by atoms with van der Waals surface area (Å²) in [4.78, 5) is -0.758. The minimum Gasteiger partial charge on any atom is -0.497 e. The number of hydrogen-bond donors (Lipinski definition) is 0. The van der Waals surface area contributed by atoms with Gasteiger partial charge in [0.15, 0.2) is 0 Å². The summed E-state index contributed by atoms with van der Waals surface area (Å²) in [5.74, 6) is 0.863. The highest BCUT2D eigenvalue weighted by Gasteiger charge is 2.35. The summed E-state index contributed by atoms with van der Waals surface area (Å²) in [5.41, 5.74) is 5.67. The van der Waals surface area contributed by atoms with Crippen LogP contribution in [-0.4, -0.2) is 7.11 Å². The van der Waals surface area contributed by atoms with Gasteiger partial charge in [0.2, 0.25) is 0 Å². The number of benzene rings is 4. The second kappa shape index (κ2) is 8.55. The van der Waals surface area contributed by atoms with Crippen LogP contribution in [0.1, 0.15) is 27.8 Å². The molecule has 0 unspecified atom stereocenters. The normalized spacial score (nSPS) is 11.2. The van der Waals surface area contributed by atoms with Gasteiger partial charge in [0.05, 0.1) is 7.11 Å². The highest BCUT2D eigenvalue weighted by molar-refractivity contribution is 6.28. The Morgan fingerprint density at radius 3 is 1.72 bits per heavy atom. The fourth-order valence-electron chi connectivity index (χ4n) is 3.79. The van der Waals surface area contributed by atoms with Crippen LogP contribution in [-0.2, 0) is 11.3 Å². The zero-order valence-electron chi connectivity index (χ0n) is 16.4. The van der Waals surface area contributed by atoms with Gasteiger partial charge in [-0.15, -0.1) is 11.6 Å². The van der Waals surface area contributed by atoms with Gasteiger partial charge in [-0.3, -0.25) is 0 Å². The first-order chi connectivity index (χ1) is 14.2. The smallest absolute Gasteiger partial charge is 0.120 e. The molecular weight excluding hydrogens is 376 g/mol. The highest BCUT2D eigenvalue weighted by Crippen LogP contribution is 2.44. The molecule has 0 atom stereocenters. The predicted molar refractivity (Wildman–Crippen MR) is 121 cm³/mol. The predicted octanol–water partition coefficient (Wildman–Crippen LogP) is 6.82. The van der Waals surface area contributed by atoms with Gasteiger partial charge in [-0.1, -0.05) is 97.1 Å². The van der Waals surface area contributed by atoms with Crippen LogP contribution in [0.5, 0.6) is 5.75 Å². The van der Waals surface area contributed by atoms with Crippen LogP contribution in [0.3, 0.4) is 0 Å². The van der Waals surface area contributed by atoms with Crippen molar-refractivity contribution in [1.82, 2.24) is 0 Å². The first kappa shape index (κ1) is 19.3. The van der Waals surface area contributed by atoms with E-state index in [0.29, 0.717) is 0 Å². The van der Waals surface area contributed by atoms with Gasteiger partial charge in [0.25, 0.3) is 0 Å². The van der Waals surface area contributed by atoms with Crippen molar-refractivity contribution >= 4 is 11.6 Å². The first-order valence-electron chi connectivity index (χ1n) is 9.73. The maximum Gasteiger partial charge on any atom is 0.120 e. The van der Waals surface area contributed by atoms with Crippen LogP contribution in [0.2, 0.25) is 0 Å². The zero-order valence-corrected chi connectivity index (χ0v) is 17.1. The van der Waals surface area contributed by atoms with Crippen LogP contribution in [0.25, 0.3) is 0 Å². The van der Waals surface area contributed by atoms with Crippen molar-refractivity contribution in [2.75, 3.05) is 7.11 Å². The van der Waals surface area contributed by atoms with Crippen molar-refractivity contribution < 1.29 is 4.74 Å². The van der Waals surface area contributed by atoms with Gasteiger partial charge in [0, 0.05) is 0 Å². The van der Waals surface area contributed by atoms with Crippen LogP contribution in [0.15, 0.2) is 109 Å². The van der Waals surface area contributed by atoms with Crippen molar-refractivity contribution in [3.05, 3.63) is 137 Å². The molecule has 144 valence electrons. The monoisotopic (exact) mass is 398 g/mol. The molecule has 0 saturated heterocycles. The molecule has 0 heterocycles. The Labute approximate surface area is 177 Å². The molecule has 0 bridgehead atoms. The lowest BCUT2D eigenvalue weighted by molar-refractivity contribution is 0.414. The van der Waals surface area contributed by atoms with E-state index in [1.54, 1.807) is 7.11 Å². The molecule has 0 aliphatic heterocycles. The standard InChI is InChI=1S/C27H23ClO/c1-29-25-18-16-21(17-19-25)20-22-10-8-9-15-26(22)27(28,23-11-4-2-5-12-23)24-13-6-3-7-14-24/h2-19H,20H2,1H3. The average Bonchev–Trinajstić information content (AvgIpc) is 2.80. The van der Waals surface area contributed by atoms with Crippen molar-refractivity contribution in [2.24, 2.45) is 0 Å². The summed E-state index contributed by atoms with van der Waals surface area (Å²) in [6.07, 6.45) is 0.800. The average molecular weight is 399 g/mol. The van der Waals surface area contributed by atoms with Crippen molar-refractivity contribution in [2.45, 2.75) is 11.3 Å². The largest absolute Gasteiger partial charge is 0.497 e. The Morgan fingerprint density at radius 2 is 1.17 bits per heavy atom. The number of hydrogen-bond acceptors (Lipinski definition) is 1. The number of methoxy groups -OCH3 is 1.